The van der Waals surface area contributed by atoms with Gasteiger partial charge in [-0.3, -0.25) is 0 Å². The highest BCUT2D eigenvalue weighted by atomic mass is 16.6. The molecular weight excluding hydrogens is 262 g/mol. The van der Waals surface area contributed by atoms with Crippen molar-refractivity contribution in [1.82, 2.24) is 0 Å². The first-order chi connectivity index (χ1) is 10.3. The number of hydrogen-bond donors (Lipinski definition) is 1. The van der Waals surface area contributed by atoms with E-state index in [1.807, 2.05) is 18.2 Å². The van der Waals surface area contributed by atoms with Crippen molar-refractivity contribution in [2.45, 2.75) is 26.3 Å². The fourth-order valence-corrected chi connectivity index (χ4v) is 2.55. The predicted molar refractivity (Wildman–Crippen MR) is 85.3 cm³/mol. The largest absolute Gasteiger partial charge is 0.486 e. The van der Waals surface area contributed by atoms with Crippen LogP contribution in [0.2, 0.25) is 0 Å². The van der Waals surface area contributed by atoms with Crippen molar-refractivity contribution in [2.24, 2.45) is 0 Å². The highest BCUT2D eigenvalue weighted by molar-refractivity contribution is 5.56. The maximum Gasteiger partial charge on any atom is 0.163 e. The van der Waals surface area contributed by atoms with E-state index in [9.17, 15) is 0 Å². The van der Waals surface area contributed by atoms with Crippen LogP contribution in [-0.4, -0.2) is 13.2 Å². The molecule has 3 rings (SSSR count). The van der Waals surface area contributed by atoms with Gasteiger partial charge in [-0.25, -0.2) is 0 Å². The number of anilines is 1. The Balaban J connectivity index is 1.79. The maximum atomic E-state index is 5.64. The predicted octanol–water partition coefficient (Wildman–Crippen LogP) is 4.33. The molecular formula is C18H21NO2. The molecule has 0 radical (unpaired) electrons. The summed E-state index contributed by atoms with van der Waals surface area (Å²) in [5.41, 5.74) is 3.65. The summed E-state index contributed by atoms with van der Waals surface area (Å²) in [7, 11) is 0. The quantitative estimate of drug-likeness (QED) is 0.906. The van der Waals surface area contributed by atoms with E-state index in [2.05, 4.69) is 43.4 Å². The number of nitrogens with one attached hydrogen (secondary N) is 1. The monoisotopic (exact) mass is 283 g/mol. The molecule has 0 aliphatic carbocycles. The normalized spacial score (nSPS) is 14.6. The number of rotatable bonds is 4. The van der Waals surface area contributed by atoms with Crippen LogP contribution in [0.5, 0.6) is 11.5 Å². The van der Waals surface area contributed by atoms with Crippen LogP contribution in [0.25, 0.3) is 0 Å². The summed E-state index contributed by atoms with van der Waals surface area (Å²) < 4.78 is 11.2. The van der Waals surface area contributed by atoms with Gasteiger partial charge in [0.25, 0.3) is 0 Å². The van der Waals surface area contributed by atoms with Crippen LogP contribution in [0.4, 0.5) is 5.69 Å². The minimum Gasteiger partial charge on any atom is -0.486 e. The molecule has 1 unspecified atom stereocenters. The van der Waals surface area contributed by atoms with Gasteiger partial charge in [-0.1, -0.05) is 36.8 Å². The van der Waals surface area contributed by atoms with E-state index >= 15 is 0 Å². The van der Waals surface area contributed by atoms with Gasteiger partial charge in [-0.15, -0.1) is 0 Å². The highest BCUT2D eigenvalue weighted by Crippen LogP contribution is 2.34. The van der Waals surface area contributed by atoms with Gasteiger partial charge in [0.1, 0.15) is 13.2 Å². The third-order valence-corrected chi connectivity index (χ3v) is 3.77. The molecule has 0 bridgehead atoms. The lowest BCUT2D eigenvalue weighted by atomic mass is 10.0. The summed E-state index contributed by atoms with van der Waals surface area (Å²) in [5.74, 6) is 1.65. The van der Waals surface area contributed by atoms with Crippen LogP contribution in [-0.2, 0) is 0 Å². The van der Waals surface area contributed by atoms with Crippen LogP contribution in [0.3, 0.4) is 0 Å². The SMILES string of the molecule is CCC(Nc1ccc2c(c1)OCCO2)c1ccc(C)cc1. The van der Waals surface area contributed by atoms with Gasteiger partial charge in [0.2, 0.25) is 0 Å². The summed E-state index contributed by atoms with van der Waals surface area (Å²) in [6.45, 7) is 5.54. The van der Waals surface area contributed by atoms with Gasteiger partial charge < -0.3 is 14.8 Å². The first kappa shape index (κ1) is 13.8. The van der Waals surface area contributed by atoms with E-state index in [0.717, 1.165) is 23.6 Å². The second-order valence-electron chi connectivity index (χ2n) is 5.37. The number of ether oxygens (including phenoxy) is 2. The fraction of sp³-hybridized carbons (Fsp3) is 0.333. The van der Waals surface area contributed by atoms with Gasteiger partial charge in [0.05, 0.1) is 6.04 Å². The maximum absolute atomic E-state index is 5.64. The molecule has 0 aromatic heterocycles. The minimum absolute atomic E-state index is 0.299. The molecule has 3 nitrogen and oxygen atoms in total. The van der Waals surface area contributed by atoms with Crippen molar-refractivity contribution in [2.75, 3.05) is 18.5 Å². The molecule has 2 aromatic carbocycles. The average Bonchev–Trinajstić information content (AvgIpc) is 2.53. The molecule has 1 aliphatic rings. The topological polar surface area (TPSA) is 30.5 Å². The number of benzene rings is 2. The Labute approximate surface area is 125 Å². The summed E-state index contributed by atoms with van der Waals surface area (Å²) >= 11 is 0. The molecule has 0 spiro atoms. The molecule has 0 amide bonds. The lowest BCUT2D eigenvalue weighted by molar-refractivity contribution is 0.171. The Hall–Kier alpha value is -2.16. The third kappa shape index (κ3) is 3.13. The molecule has 0 fully saturated rings. The van der Waals surface area contributed by atoms with Crippen molar-refractivity contribution in [3.8, 4) is 11.5 Å². The standard InChI is InChI=1S/C18H21NO2/c1-3-16(14-6-4-13(2)5-7-14)19-15-8-9-17-18(12-15)21-11-10-20-17/h4-9,12,16,19H,3,10-11H2,1-2H3. The summed E-state index contributed by atoms with van der Waals surface area (Å²) in [6.07, 6.45) is 1.03. The number of fused-ring (bicyclic) bond motifs is 1. The van der Waals surface area contributed by atoms with Crippen molar-refractivity contribution in [1.29, 1.82) is 0 Å². The van der Waals surface area contributed by atoms with Gasteiger partial charge in [-0.05, 0) is 31.0 Å². The molecule has 2 aromatic rings. The second kappa shape index (κ2) is 6.08. The van der Waals surface area contributed by atoms with Gasteiger partial charge >= 0.3 is 0 Å². The zero-order valence-corrected chi connectivity index (χ0v) is 12.6. The van der Waals surface area contributed by atoms with E-state index in [1.54, 1.807) is 0 Å². The van der Waals surface area contributed by atoms with Gasteiger partial charge in [0, 0.05) is 11.8 Å². The first-order valence-corrected chi connectivity index (χ1v) is 7.49. The molecule has 3 heteroatoms. The van der Waals surface area contributed by atoms with Crippen LogP contribution in [0.1, 0.15) is 30.5 Å². The van der Waals surface area contributed by atoms with Gasteiger partial charge in [0.15, 0.2) is 11.5 Å². The van der Waals surface area contributed by atoms with Crippen LogP contribution in [0, 0.1) is 6.92 Å². The minimum atomic E-state index is 0.299. The van der Waals surface area contributed by atoms with Crippen molar-refractivity contribution < 1.29 is 9.47 Å². The lowest BCUT2D eigenvalue weighted by Crippen LogP contribution is -2.16. The molecule has 0 saturated heterocycles. The van der Waals surface area contributed by atoms with Crippen molar-refractivity contribution in [3.05, 3.63) is 53.6 Å². The average molecular weight is 283 g/mol. The Kier molecular flexibility index (Phi) is 4.00. The van der Waals surface area contributed by atoms with E-state index < -0.39 is 0 Å². The fourth-order valence-electron chi connectivity index (χ4n) is 2.55. The molecule has 21 heavy (non-hydrogen) atoms. The van der Waals surface area contributed by atoms with E-state index in [1.165, 1.54) is 11.1 Å². The Morgan fingerprint density at radius 2 is 1.71 bits per heavy atom. The molecule has 110 valence electrons. The second-order valence-corrected chi connectivity index (χ2v) is 5.37. The number of hydrogen-bond acceptors (Lipinski definition) is 3. The first-order valence-electron chi connectivity index (χ1n) is 7.49. The van der Waals surface area contributed by atoms with Crippen LogP contribution < -0.4 is 14.8 Å². The van der Waals surface area contributed by atoms with Crippen molar-refractivity contribution in [3.63, 3.8) is 0 Å². The molecule has 1 N–H and O–H groups in total. The highest BCUT2D eigenvalue weighted by Gasteiger charge is 2.14. The van der Waals surface area contributed by atoms with Crippen LogP contribution >= 0.6 is 0 Å². The van der Waals surface area contributed by atoms with Crippen LogP contribution in [0.15, 0.2) is 42.5 Å². The number of aryl methyl sites for hydroxylation is 1. The summed E-state index contributed by atoms with van der Waals surface area (Å²) in [5, 5.41) is 3.58. The molecule has 1 aliphatic heterocycles. The van der Waals surface area contributed by atoms with Crippen molar-refractivity contribution >= 4 is 5.69 Å². The lowest BCUT2D eigenvalue weighted by Gasteiger charge is -2.22. The van der Waals surface area contributed by atoms with E-state index in [4.69, 9.17) is 9.47 Å². The molecule has 1 atom stereocenters. The van der Waals surface area contributed by atoms with Gasteiger partial charge in [-0.2, -0.15) is 0 Å². The zero-order valence-electron chi connectivity index (χ0n) is 12.6. The Morgan fingerprint density at radius 3 is 2.43 bits per heavy atom. The zero-order chi connectivity index (χ0) is 14.7. The third-order valence-electron chi connectivity index (χ3n) is 3.77. The van der Waals surface area contributed by atoms with E-state index in [-0.39, 0.29) is 0 Å². The summed E-state index contributed by atoms with van der Waals surface area (Å²) in [4.78, 5) is 0. The van der Waals surface area contributed by atoms with E-state index in [0.29, 0.717) is 19.3 Å². The summed E-state index contributed by atoms with van der Waals surface area (Å²) in [6, 6.07) is 15.0. The Bertz CT molecular complexity index is 607. The smallest absolute Gasteiger partial charge is 0.163 e. The molecule has 0 saturated carbocycles. The Morgan fingerprint density at radius 1 is 1.00 bits per heavy atom. The molecule has 1 heterocycles.